The van der Waals surface area contributed by atoms with E-state index in [-0.39, 0.29) is 37.0 Å². The summed E-state index contributed by atoms with van der Waals surface area (Å²) in [7, 11) is 0. The number of amides is 1. The predicted octanol–water partition coefficient (Wildman–Crippen LogP) is 3.40. The minimum atomic E-state index is -0.374. The van der Waals surface area contributed by atoms with Crippen molar-refractivity contribution in [3.05, 3.63) is 34.6 Å². The zero-order valence-corrected chi connectivity index (χ0v) is 12.5. The molecule has 0 atom stereocenters. The number of hydrogen-bond donors (Lipinski definition) is 0. The fraction of sp³-hybridized carbons (Fsp3) is 0.533. The molecule has 1 aliphatic carbocycles. The molecule has 5 heteroatoms. The van der Waals surface area contributed by atoms with Crippen LogP contribution in [0.1, 0.15) is 32.3 Å². The fourth-order valence-electron chi connectivity index (χ4n) is 1.98. The van der Waals surface area contributed by atoms with Crippen LogP contribution in [0.15, 0.2) is 18.2 Å². The first-order valence-electron chi connectivity index (χ1n) is 6.83. The lowest BCUT2D eigenvalue weighted by atomic mass is 10.2. The molecule has 2 rings (SSSR count). The van der Waals surface area contributed by atoms with Crippen molar-refractivity contribution in [2.75, 3.05) is 6.61 Å². The molecule has 0 aromatic heterocycles. The minimum absolute atomic E-state index is 0.00273. The van der Waals surface area contributed by atoms with Gasteiger partial charge in [0.25, 0.3) is 0 Å². The first-order chi connectivity index (χ1) is 9.49. The zero-order valence-electron chi connectivity index (χ0n) is 11.7. The summed E-state index contributed by atoms with van der Waals surface area (Å²) in [5.41, 5.74) is 0.374. The summed E-state index contributed by atoms with van der Waals surface area (Å²) in [5, 5.41) is 0.355. The normalized spacial score (nSPS) is 14.7. The zero-order chi connectivity index (χ0) is 14.7. The smallest absolute Gasteiger partial charge is 0.249 e. The number of halogens is 2. The van der Waals surface area contributed by atoms with Gasteiger partial charge in [-0.05, 0) is 38.8 Å². The van der Waals surface area contributed by atoms with E-state index in [1.165, 1.54) is 6.07 Å². The number of ether oxygens (including phenoxy) is 1. The second-order valence-corrected chi connectivity index (χ2v) is 5.72. The highest BCUT2D eigenvalue weighted by molar-refractivity contribution is 6.31. The molecular formula is C15H19ClFNO2. The maximum atomic E-state index is 13.8. The Labute approximate surface area is 123 Å². The van der Waals surface area contributed by atoms with Crippen LogP contribution >= 0.6 is 11.6 Å². The average Bonchev–Trinajstić information content (AvgIpc) is 3.20. The van der Waals surface area contributed by atoms with Crippen molar-refractivity contribution < 1.29 is 13.9 Å². The van der Waals surface area contributed by atoms with Crippen molar-refractivity contribution in [3.63, 3.8) is 0 Å². The van der Waals surface area contributed by atoms with E-state index < -0.39 is 0 Å². The van der Waals surface area contributed by atoms with Crippen molar-refractivity contribution in [2.45, 2.75) is 45.4 Å². The highest BCUT2D eigenvalue weighted by Gasteiger charge is 2.33. The molecule has 0 unspecified atom stereocenters. The van der Waals surface area contributed by atoms with Gasteiger partial charge in [0, 0.05) is 16.6 Å². The fourth-order valence-corrected chi connectivity index (χ4v) is 2.20. The van der Waals surface area contributed by atoms with Crippen LogP contribution in [0.25, 0.3) is 0 Å². The Kier molecular flexibility index (Phi) is 5.00. The van der Waals surface area contributed by atoms with E-state index in [1.54, 1.807) is 17.0 Å². The third-order valence-electron chi connectivity index (χ3n) is 3.24. The van der Waals surface area contributed by atoms with Crippen LogP contribution in [0.3, 0.4) is 0 Å². The molecule has 0 heterocycles. The first-order valence-corrected chi connectivity index (χ1v) is 7.20. The molecule has 1 aliphatic rings. The van der Waals surface area contributed by atoms with Crippen LogP contribution in [0, 0.1) is 5.82 Å². The molecule has 1 aromatic carbocycles. The Morgan fingerprint density at radius 2 is 2.20 bits per heavy atom. The third kappa shape index (κ3) is 3.93. The van der Waals surface area contributed by atoms with Gasteiger partial charge in [-0.2, -0.15) is 0 Å². The molecule has 0 radical (unpaired) electrons. The Bertz CT molecular complexity index is 469. The second kappa shape index (κ2) is 6.55. The molecule has 0 spiro atoms. The number of carbonyl (C=O) groups is 1. The van der Waals surface area contributed by atoms with Crippen molar-refractivity contribution in [1.82, 2.24) is 4.90 Å². The summed E-state index contributed by atoms with van der Waals surface area (Å²) in [6.45, 7) is 3.99. The summed E-state index contributed by atoms with van der Waals surface area (Å²) >= 11 is 6.02. The van der Waals surface area contributed by atoms with Gasteiger partial charge in [-0.3, -0.25) is 4.79 Å². The van der Waals surface area contributed by atoms with E-state index in [0.29, 0.717) is 10.6 Å². The SMILES string of the molecule is CC(C)OCC(=O)N(Cc1c(F)cccc1Cl)C1CC1. The van der Waals surface area contributed by atoms with E-state index >= 15 is 0 Å². The molecule has 1 amide bonds. The van der Waals surface area contributed by atoms with Crippen molar-refractivity contribution >= 4 is 17.5 Å². The van der Waals surface area contributed by atoms with E-state index in [9.17, 15) is 9.18 Å². The number of benzene rings is 1. The molecule has 0 bridgehead atoms. The van der Waals surface area contributed by atoms with E-state index in [1.807, 2.05) is 13.8 Å². The van der Waals surface area contributed by atoms with E-state index in [4.69, 9.17) is 16.3 Å². The van der Waals surface area contributed by atoms with Crippen LogP contribution in [-0.4, -0.2) is 29.6 Å². The van der Waals surface area contributed by atoms with Gasteiger partial charge in [-0.25, -0.2) is 4.39 Å². The van der Waals surface area contributed by atoms with Gasteiger partial charge < -0.3 is 9.64 Å². The van der Waals surface area contributed by atoms with Gasteiger partial charge in [-0.1, -0.05) is 17.7 Å². The number of carbonyl (C=O) groups excluding carboxylic acids is 1. The number of rotatable bonds is 6. The van der Waals surface area contributed by atoms with E-state index in [2.05, 4.69) is 0 Å². The molecule has 0 saturated heterocycles. The van der Waals surface area contributed by atoms with Gasteiger partial charge >= 0.3 is 0 Å². The standard InChI is InChI=1S/C15H19ClFNO2/c1-10(2)20-9-15(19)18(11-6-7-11)8-12-13(16)4-3-5-14(12)17/h3-5,10-11H,6-9H2,1-2H3. The Morgan fingerprint density at radius 3 is 2.75 bits per heavy atom. The largest absolute Gasteiger partial charge is 0.369 e. The maximum Gasteiger partial charge on any atom is 0.249 e. The van der Waals surface area contributed by atoms with Gasteiger partial charge in [0.05, 0.1) is 12.6 Å². The molecule has 1 saturated carbocycles. The topological polar surface area (TPSA) is 29.5 Å². The van der Waals surface area contributed by atoms with Gasteiger partial charge in [0.1, 0.15) is 12.4 Å². The van der Waals surface area contributed by atoms with Gasteiger partial charge in [0.15, 0.2) is 0 Å². The van der Waals surface area contributed by atoms with Crippen molar-refractivity contribution in [2.24, 2.45) is 0 Å². The summed E-state index contributed by atoms with van der Waals surface area (Å²) < 4.78 is 19.2. The molecule has 0 N–H and O–H groups in total. The molecule has 0 aliphatic heterocycles. The van der Waals surface area contributed by atoms with Crippen LogP contribution in [0.4, 0.5) is 4.39 Å². The maximum absolute atomic E-state index is 13.8. The Balaban J connectivity index is 2.08. The van der Waals surface area contributed by atoms with Crippen molar-refractivity contribution in [1.29, 1.82) is 0 Å². The summed E-state index contributed by atoms with van der Waals surface area (Å²) in [4.78, 5) is 13.9. The summed E-state index contributed by atoms with van der Waals surface area (Å²) in [6, 6.07) is 4.75. The molecule has 1 aromatic rings. The quantitative estimate of drug-likeness (QED) is 0.806. The van der Waals surface area contributed by atoms with Crippen LogP contribution in [0.2, 0.25) is 5.02 Å². The number of nitrogens with zero attached hydrogens (tertiary/aromatic N) is 1. The van der Waals surface area contributed by atoms with Crippen molar-refractivity contribution in [3.8, 4) is 0 Å². The lowest BCUT2D eigenvalue weighted by Crippen LogP contribution is -2.36. The third-order valence-corrected chi connectivity index (χ3v) is 3.59. The second-order valence-electron chi connectivity index (χ2n) is 5.31. The highest BCUT2D eigenvalue weighted by Crippen LogP contribution is 2.30. The number of hydrogen-bond acceptors (Lipinski definition) is 2. The lowest BCUT2D eigenvalue weighted by molar-refractivity contribution is -0.138. The highest BCUT2D eigenvalue weighted by atomic mass is 35.5. The Morgan fingerprint density at radius 1 is 1.50 bits per heavy atom. The Hall–Kier alpha value is -1.13. The van der Waals surface area contributed by atoms with Crippen LogP contribution in [0.5, 0.6) is 0 Å². The van der Waals surface area contributed by atoms with Gasteiger partial charge in [-0.15, -0.1) is 0 Å². The molecule has 20 heavy (non-hydrogen) atoms. The molecular weight excluding hydrogens is 281 g/mol. The minimum Gasteiger partial charge on any atom is -0.369 e. The van der Waals surface area contributed by atoms with Crippen LogP contribution < -0.4 is 0 Å². The lowest BCUT2D eigenvalue weighted by Gasteiger charge is -2.23. The molecule has 3 nitrogen and oxygen atoms in total. The van der Waals surface area contributed by atoms with Gasteiger partial charge in [0.2, 0.25) is 5.91 Å². The monoisotopic (exact) mass is 299 g/mol. The summed E-state index contributed by atoms with van der Waals surface area (Å²) in [5.74, 6) is -0.485. The molecule has 1 fully saturated rings. The molecule has 110 valence electrons. The first kappa shape index (κ1) is 15.3. The van der Waals surface area contributed by atoms with E-state index in [0.717, 1.165) is 12.8 Å². The average molecular weight is 300 g/mol. The van der Waals surface area contributed by atoms with Crippen LogP contribution in [-0.2, 0) is 16.1 Å². The predicted molar refractivity (Wildman–Crippen MR) is 76.1 cm³/mol. The summed E-state index contributed by atoms with van der Waals surface area (Å²) in [6.07, 6.45) is 1.91.